The van der Waals surface area contributed by atoms with Gasteiger partial charge in [0, 0.05) is 36.3 Å². The van der Waals surface area contributed by atoms with Crippen LogP contribution in [0, 0.1) is 0 Å². The number of anilines is 1. The molecule has 1 N–H and O–H groups in total. The zero-order valence-corrected chi connectivity index (χ0v) is 20.5. The van der Waals surface area contributed by atoms with E-state index in [9.17, 15) is 62.2 Å². The number of halogens is 13. The summed E-state index contributed by atoms with van der Waals surface area (Å²) in [6.45, 7) is -2.17. The maximum absolute atomic E-state index is 14.2. The van der Waals surface area contributed by atoms with Gasteiger partial charge in [0.2, 0.25) is 0 Å². The quantitative estimate of drug-likeness (QED) is 0.245. The molecule has 230 valence electrons. The highest BCUT2D eigenvalue weighted by Crippen LogP contribution is 2.52. The van der Waals surface area contributed by atoms with Crippen LogP contribution in [0.1, 0.15) is 16.7 Å². The lowest BCUT2D eigenvalue weighted by Gasteiger charge is -2.30. The zero-order valence-electron chi connectivity index (χ0n) is 20.5. The molecule has 0 saturated heterocycles. The fourth-order valence-corrected chi connectivity index (χ4v) is 3.57. The Morgan fingerprint density at radius 2 is 1.45 bits per heavy atom. The first-order valence-corrected chi connectivity index (χ1v) is 11.3. The van der Waals surface area contributed by atoms with Gasteiger partial charge in [-0.3, -0.25) is 4.98 Å². The summed E-state index contributed by atoms with van der Waals surface area (Å²) < 4.78 is 178. The van der Waals surface area contributed by atoms with Crippen molar-refractivity contribution >= 4 is 5.69 Å². The molecule has 3 aromatic rings. The van der Waals surface area contributed by atoms with Gasteiger partial charge >= 0.3 is 30.4 Å². The van der Waals surface area contributed by atoms with E-state index in [0.29, 0.717) is 17.2 Å². The Hall–Kier alpha value is -3.76. The van der Waals surface area contributed by atoms with E-state index >= 15 is 0 Å². The monoisotopic (exact) mass is 624 g/mol. The van der Waals surface area contributed by atoms with Crippen LogP contribution in [0.5, 0.6) is 11.5 Å². The molecule has 1 aromatic heterocycles. The Kier molecular flexibility index (Phi) is 8.96. The largest absolute Gasteiger partial charge is 0.460 e. The zero-order chi connectivity index (χ0) is 31.7. The van der Waals surface area contributed by atoms with E-state index in [2.05, 4.69) is 4.98 Å². The van der Waals surface area contributed by atoms with Crippen LogP contribution in [-0.4, -0.2) is 41.0 Å². The van der Waals surface area contributed by atoms with Crippen molar-refractivity contribution in [3.05, 3.63) is 83.7 Å². The third kappa shape index (κ3) is 7.17. The molecule has 0 amide bonds. The summed E-state index contributed by atoms with van der Waals surface area (Å²) in [6.07, 6.45) is -18.4. The number of nitrogens with zero attached hydrogens (tertiary/aromatic N) is 2. The maximum Gasteiger partial charge on any atom is 0.460 e. The van der Waals surface area contributed by atoms with Gasteiger partial charge in [-0.15, -0.1) is 0 Å². The van der Waals surface area contributed by atoms with Crippen LogP contribution < -0.4 is 9.64 Å². The van der Waals surface area contributed by atoms with Crippen molar-refractivity contribution in [1.82, 2.24) is 4.98 Å². The van der Waals surface area contributed by atoms with Crippen LogP contribution in [0.15, 0.2) is 67.0 Å². The highest BCUT2D eigenvalue weighted by Gasteiger charge is 2.73. The first kappa shape index (κ1) is 32.8. The molecule has 0 saturated carbocycles. The second-order valence-electron chi connectivity index (χ2n) is 8.75. The molecule has 0 fully saturated rings. The summed E-state index contributed by atoms with van der Waals surface area (Å²) >= 11 is 0. The number of hydrogen-bond donors (Lipinski definition) is 1. The van der Waals surface area contributed by atoms with E-state index in [4.69, 9.17) is 4.74 Å². The van der Waals surface area contributed by atoms with Gasteiger partial charge in [0.05, 0.1) is 6.54 Å². The first-order chi connectivity index (χ1) is 19.1. The number of ether oxygens (including phenoxy) is 1. The number of hydrogen-bond acceptors (Lipinski definition) is 4. The third-order valence-corrected chi connectivity index (χ3v) is 5.68. The average molecular weight is 624 g/mol. The summed E-state index contributed by atoms with van der Waals surface area (Å²) in [7, 11) is 0. The van der Waals surface area contributed by atoms with E-state index < -0.39 is 72.0 Å². The summed E-state index contributed by atoms with van der Waals surface area (Å²) in [5, 5.41) is 9.63. The van der Waals surface area contributed by atoms with Crippen LogP contribution in [0.2, 0.25) is 0 Å². The van der Waals surface area contributed by atoms with Crippen LogP contribution in [-0.2, 0) is 18.6 Å². The minimum Gasteiger partial charge on any atom is -0.457 e. The highest BCUT2D eigenvalue weighted by molar-refractivity contribution is 5.53. The molecular weight excluding hydrogens is 607 g/mol. The lowest BCUT2D eigenvalue weighted by atomic mass is 9.99. The summed E-state index contributed by atoms with van der Waals surface area (Å²) in [5.74, 6) is -13.4. The van der Waals surface area contributed by atoms with Crippen molar-refractivity contribution < 1.29 is 66.9 Å². The number of aromatic nitrogens is 1. The van der Waals surface area contributed by atoms with E-state index in [1.165, 1.54) is 0 Å². The Morgan fingerprint density at radius 1 is 0.810 bits per heavy atom. The van der Waals surface area contributed by atoms with Crippen molar-refractivity contribution in [1.29, 1.82) is 0 Å². The van der Waals surface area contributed by atoms with Gasteiger partial charge in [-0.1, -0.05) is 24.3 Å². The molecule has 0 unspecified atom stereocenters. The molecule has 1 heterocycles. The van der Waals surface area contributed by atoms with E-state index in [0.717, 1.165) is 42.6 Å². The molecule has 3 rings (SSSR count). The van der Waals surface area contributed by atoms with Crippen molar-refractivity contribution in [3.63, 3.8) is 0 Å². The summed E-state index contributed by atoms with van der Waals surface area (Å²) in [4.78, 5) is 4.03. The van der Waals surface area contributed by atoms with Crippen molar-refractivity contribution in [2.45, 2.75) is 43.0 Å². The Labute approximate surface area is 228 Å². The van der Waals surface area contributed by atoms with E-state index in [-0.39, 0.29) is 23.6 Å². The number of aliphatic hydroxyl groups excluding tert-OH is 1. The molecule has 0 spiro atoms. The van der Waals surface area contributed by atoms with Crippen molar-refractivity contribution in [2.24, 2.45) is 0 Å². The predicted octanol–water partition coefficient (Wildman–Crippen LogP) is 8.11. The number of pyridine rings is 1. The van der Waals surface area contributed by atoms with Crippen LogP contribution in [0.4, 0.5) is 62.8 Å². The number of aliphatic hydroxyl groups is 1. The fraction of sp³-hybridized carbons (Fsp3) is 0.320. The van der Waals surface area contributed by atoms with E-state index in [1.807, 2.05) is 0 Å². The van der Waals surface area contributed by atoms with Gasteiger partial charge < -0.3 is 14.7 Å². The van der Waals surface area contributed by atoms with Crippen molar-refractivity contribution in [3.8, 4) is 11.5 Å². The predicted molar refractivity (Wildman–Crippen MR) is 120 cm³/mol. The van der Waals surface area contributed by atoms with Crippen LogP contribution in [0.25, 0.3) is 0 Å². The fourth-order valence-electron chi connectivity index (χ4n) is 3.57. The van der Waals surface area contributed by atoms with Gasteiger partial charge in [0.1, 0.15) is 17.1 Å². The van der Waals surface area contributed by atoms with Crippen LogP contribution >= 0.6 is 0 Å². The molecule has 4 nitrogen and oxygen atoms in total. The third-order valence-electron chi connectivity index (χ3n) is 5.68. The van der Waals surface area contributed by atoms with Gasteiger partial charge in [-0.2, -0.15) is 57.1 Å². The molecule has 0 radical (unpaired) electrons. The van der Waals surface area contributed by atoms with Gasteiger partial charge in [0.25, 0.3) is 0 Å². The smallest absolute Gasteiger partial charge is 0.457 e. The van der Waals surface area contributed by atoms with Gasteiger partial charge in [-0.05, 0) is 29.8 Å². The molecule has 1 atom stereocenters. The standard InChI is InChI=1S/C25H17F13N2O2/c26-21(27,24(34,35)25(36,37)38)15-4-1-3-14(9-15)12-40(13-20(41)23(31,32)33)16-5-2-6-17(10-16)42-19-7-8-39-11-18(19)22(28,29)30/h1-11,20,41H,12-13H2/t20-/m1/s1. The molecule has 2 aromatic carbocycles. The minimum atomic E-state index is -6.64. The number of alkyl halides is 13. The van der Waals surface area contributed by atoms with E-state index in [1.54, 1.807) is 0 Å². The summed E-state index contributed by atoms with van der Waals surface area (Å²) in [5.41, 5.74) is -3.85. The second-order valence-corrected chi connectivity index (χ2v) is 8.75. The van der Waals surface area contributed by atoms with Crippen LogP contribution in [0.3, 0.4) is 0 Å². The molecule has 17 heteroatoms. The normalized spacial score (nSPS) is 14.0. The number of rotatable bonds is 9. The van der Waals surface area contributed by atoms with Gasteiger partial charge in [-0.25, -0.2) is 0 Å². The molecule has 0 aliphatic rings. The molecule has 42 heavy (non-hydrogen) atoms. The minimum absolute atomic E-state index is 0.222. The Morgan fingerprint density at radius 3 is 2.05 bits per heavy atom. The first-order valence-electron chi connectivity index (χ1n) is 11.3. The van der Waals surface area contributed by atoms with Gasteiger partial charge in [0.15, 0.2) is 6.10 Å². The van der Waals surface area contributed by atoms with Crippen molar-refractivity contribution in [2.75, 3.05) is 11.4 Å². The molecule has 0 aliphatic heterocycles. The molecule has 0 bridgehead atoms. The molecular formula is C25H17F13N2O2. The topological polar surface area (TPSA) is 45.6 Å². The summed E-state index contributed by atoms with van der Waals surface area (Å²) in [6, 6.07) is 7.21. The second kappa shape index (κ2) is 11.5. The maximum atomic E-state index is 14.2. The lowest BCUT2D eigenvalue weighted by Crippen LogP contribution is -2.50. The molecule has 0 aliphatic carbocycles. The number of benzene rings is 2. The lowest BCUT2D eigenvalue weighted by molar-refractivity contribution is -0.359. The Balaban J connectivity index is 2.00. The Bertz CT molecular complexity index is 1370. The SMILES string of the molecule is O[C@H](CN(Cc1cccc(C(F)(F)C(F)(F)C(F)(F)F)c1)c1cccc(Oc2ccncc2C(F)(F)F)c1)C(F)(F)F. The highest BCUT2D eigenvalue weighted by atomic mass is 19.4. The average Bonchev–Trinajstić information content (AvgIpc) is 2.87.